The zero-order valence-corrected chi connectivity index (χ0v) is 16.2. The summed E-state index contributed by atoms with van der Waals surface area (Å²) in [5, 5.41) is 0. The molecule has 3 rings (SSSR count). The molecule has 152 valence electrons. The van der Waals surface area contributed by atoms with E-state index in [2.05, 4.69) is 4.90 Å². The molecule has 0 atom stereocenters. The number of halogens is 2. The number of carbonyl (C=O) groups excluding carboxylic acids is 1. The molecule has 0 spiro atoms. The van der Waals surface area contributed by atoms with E-state index in [1.807, 2.05) is 7.05 Å². The summed E-state index contributed by atoms with van der Waals surface area (Å²) in [6.07, 6.45) is 3.15. The second-order valence-electron chi connectivity index (χ2n) is 6.88. The molecule has 1 aromatic heterocycles. The summed E-state index contributed by atoms with van der Waals surface area (Å²) in [6.45, 7) is 2.01. The van der Waals surface area contributed by atoms with Crippen molar-refractivity contribution in [2.24, 2.45) is 0 Å². The second-order valence-corrected chi connectivity index (χ2v) is 8.79. The lowest BCUT2D eigenvalue weighted by Crippen LogP contribution is -2.46. The van der Waals surface area contributed by atoms with Crippen LogP contribution in [0.1, 0.15) is 29.0 Å². The quantitative estimate of drug-likeness (QED) is 0.730. The monoisotopic (exact) mass is 412 g/mol. The molecule has 1 amide bonds. The third kappa shape index (κ3) is 4.41. The van der Waals surface area contributed by atoms with E-state index in [9.17, 15) is 22.0 Å². The topological polar surface area (TPSA) is 70.8 Å². The number of likely N-dealkylation sites (tertiary alicyclic amines) is 1. The van der Waals surface area contributed by atoms with Crippen molar-refractivity contribution >= 4 is 15.7 Å². The van der Waals surface area contributed by atoms with E-state index < -0.39 is 20.5 Å². The van der Waals surface area contributed by atoms with Crippen LogP contribution in [0.4, 0.5) is 8.78 Å². The van der Waals surface area contributed by atoms with Crippen molar-refractivity contribution in [3.8, 4) is 0 Å². The van der Waals surface area contributed by atoms with Crippen LogP contribution in [-0.4, -0.2) is 56.1 Å². The molecule has 28 heavy (non-hydrogen) atoms. The Balaban J connectivity index is 1.84. The van der Waals surface area contributed by atoms with Crippen molar-refractivity contribution < 1.29 is 26.4 Å². The number of rotatable bonds is 6. The summed E-state index contributed by atoms with van der Waals surface area (Å²) in [7, 11) is -2.66. The van der Waals surface area contributed by atoms with Gasteiger partial charge < -0.3 is 14.2 Å². The van der Waals surface area contributed by atoms with Crippen LogP contribution < -0.4 is 0 Å². The largest absolute Gasteiger partial charge is 0.467 e. The summed E-state index contributed by atoms with van der Waals surface area (Å²) in [5.41, 5.74) is 0.249. The van der Waals surface area contributed by atoms with Crippen LogP contribution in [0.25, 0.3) is 0 Å². The van der Waals surface area contributed by atoms with Crippen molar-refractivity contribution in [1.82, 2.24) is 9.80 Å². The highest BCUT2D eigenvalue weighted by atomic mass is 32.2. The van der Waals surface area contributed by atoms with Gasteiger partial charge in [0.05, 0.1) is 17.7 Å². The third-order valence-electron chi connectivity index (χ3n) is 4.96. The molecular formula is C19H22F2N2O4S. The Hall–Kier alpha value is -2.26. The highest BCUT2D eigenvalue weighted by Crippen LogP contribution is 2.23. The van der Waals surface area contributed by atoms with Crippen molar-refractivity contribution in [2.45, 2.75) is 36.1 Å². The molecule has 1 fully saturated rings. The van der Waals surface area contributed by atoms with Gasteiger partial charge in [-0.2, -0.15) is 8.78 Å². The number of carbonyl (C=O) groups is 1. The molecule has 2 heterocycles. The van der Waals surface area contributed by atoms with Crippen molar-refractivity contribution in [3.05, 3.63) is 54.0 Å². The van der Waals surface area contributed by atoms with Crippen LogP contribution in [0.3, 0.4) is 0 Å². The number of hydrogen-bond acceptors (Lipinski definition) is 5. The summed E-state index contributed by atoms with van der Waals surface area (Å²) in [5.74, 6) is -3.14. The van der Waals surface area contributed by atoms with Gasteiger partial charge in [-0.05, 0) is 69.4 Å². The van der Waals surface area contributed by atoms with Crippen LogP contribution >= 0.6 is 0 Å². The summed E-state index contributed by atoms with van der Waals surface area (Å²) in [6, 6.07) is 8.20. The molecule has 2 aromatic rings. The number of furan rings is 1. The number of piperidine rings is 1. The predicted molar refractivity (Wildman–Crippen MR) is 98.7 cm³/mol. The van der Waals surface area contributed by atoms with E-state index >= 15 is 0 Å². The fraction of sp³-hybridized carbons (Fsp3) is 0.421. The third-order valence-corrected chi connectivity index (χ3v) is 6.36. The van der Waals surface area contributed by atoms with E-state index in [0.29, 0.717) is 5.76 Å². The first-order chi connectivity index (χ1) is 13.3. The number of sulfone groups is 1. The van der Waals surface area contributed by atoms with Crippen molar-refractivity contribution in [3.63, 3.8) is 0 Å². The number of benzene rings is 1. The minimum Gasteiger partial charge on any atom is -0.467 e. The minimum absolute atomic E-state index is 0.0123. The van der Waals surface area contributed by atoms with Gasteiger partial charge in [-0.25, -0.2) is 8.42 Å². The molecule has 1 saturated heterocycles. The molecular weight excluding hydrogens is 390 g/mol. The maximum Gasteiger partial charge on any atom is 0.341 e. The highest BCUT2D eigenvalue weighted by Gasteiger charge is 2.30. The predicted octanol–water partition coefficient (Wildman–Crippen LogP) is 3.01. The molecule has 0 saturated carbocycles. The zero-order valence-electron chi connectivity index (χ0n) is 15.4. The molecule has 9 heteroatoms. The Labute approximate surface area is 162 Å². The molecule has 6 nitrogen and oxygen atoms in total. The molecule has 0 aliphatic carbocycles. The van der Waals surface area contributed by atoms with Crippen LogP contribution in [-0.2, 0) is 16.4 Å². The Morgan fingerprint density at radius 3 is 2.39 bits per heavy atom. The number of nitrogens with zero attached hydrogens (tertiary/aromatic N) is 2. The van der Waals surface area contributed by atoms with Gasteiger partial charge in [-0.1, -0.05) is 0 Å². The maximum atomic E-state index is 13.1. The molecule has 0 radical (unpaired) electrons. The van der Waals surface area contributed by atoms with Crippen molar-refractivity contribution in [2.75, 3.05) is 20.1 Å². The van der Waals surface area contributed by atoms with Crippen LogP contribution in [0.15, 0.2) is 52.0 Å². The second kappa shape index (κ2) is 8.40. The lowest BCUT2D eigenvalue weighted by atomic mass is 10.0. The zero-order chi connectivity index (χ0) is 20.3. The SMILES string of the molecule is CN1CCC(N(Cc2ccco2)C(=O)c2ccc(S(=O)(=O)C(F)F)cc2)CC1. The Bertz CT molecular complexity index is 891. The highest BCUT2D eigenvalue weighted by molar-refractivity contribution is 7.91. The maximum absolute atomic E-state index is 13.1. The van der Waals surface area contributed by atoms with E-state index in [-0.39, 0.29) is 24.1 Å². The molecule has 1 aromatic carbocycles. The average molecular weight is 412 g/mol. The van der Waals surface area contributed by atoms with Gasteiger partial charge >= 0.3 is 5.76 Å². The van der Waals surface area contributed by atoms with Gasteiger partial charge in [-0.15, -0.1) is 0 Å². The molecule has 1 aliphatic heterocycles. The molecule has 0 unspecified atom stereocenters. The summed E-state index contributed by atoms with van der Waals surface area (Å²) in [4.78, 5) is 16.5. The van der Waals surface area contributed by atoms with Crippen LogP contribution in [0.2, 0.25) is 0 Å². The minimum atomic E-state index is -4.69. The van der Waals surface area contributed by atoms with Gasteiger partial charge in [0.25, 0.3) is 5.91 Å². The lowest BCUT2D eigenvalue weighted by Gasteiger charge is -2.37. The fourth-order valence-corrected chi connectivity index (χ4v) is 4.02. The van der Waals surface area contributed by atoms with Crippen LogP contribution in [0.5, 0.6) is 0 Å². The first kappa shape index (κ1) is 20.5. The van der Waals surface area contributed by atoms with E-state index in [4.69, 9.17) is 4.42 Å². The van der Waals surface area contributed by atoms with Gasteiger partial charge in [0.1, 0.15) is 5.76 Å². The Morgan fingerprint density at radius 2 is 1.86 bits per heavy atom. The summed E-state index contributed by atoms with van der Waals surface area (Å²) < 4.78 is 53.9. The Kier molecular flexibility index (Phi) is 6.14. The number of alkyl halides is 2. The average Bonchev–Trinajstić information content (AvgIpc) is 3.20. The fourth-order valence-electron chi connectivity index (χ4n) is 3.30. The van der Waals surface area contributed by atoms with Gasteiger partial charge in [0.2, 0.25) is 9.84 Å². The summed E-state index contributed by atoms with van der Waals surface area (Å²) >= 11 is 0. The van der Waals surface area contributed by atoms with E-state index in [0.717, 1.165) is 38.1 Å². The van der Waals surface area contributed by atoms with E-state index in [1.165, 1.54) is 18.4 Å². The standard InChI is InChI=1S/C19H22F2N2O4S/c1-22-10-8-15(9-11-22)23(13-16-3-2-12-27-16)18(24)14-4-6-17(7-5-14)28(25,26)19(20)21/h2-7,12,15,19H,8-11,13H2,1H3. The molecule has 0 N–H and O–H groups in total. The first-order valence-corrected chi connectivity index (χ1v) is 10.5. The van der Waals surface area contributed by atoms with Gasteiger partial charge in [0, 0.05) is 11.6 Å². The molecule has 0 bridgehead atoms. The number of amides is 1. The van der Waals surface area contributed by atoms with Gasteiger partial charge in [-0.3, -0.25) is 4.79 Å². The number of hydrogen-bond donors (Lipinski definition) is 0. The van der Waals surface area contributed by atoms with Crippen LogP contribution in [0, 0.1) is 0 Å². The lowest BCUT2D eigenvalue weighted by molar-refractivity contribution is 0.0550. The smallest absolute Gasteiger partial charge is 0.341 e. The van der Waals surface area contributed by atoms with Gasteiger partial charge in [0.15, 0.2) is 0 Å². The first-order valence-electron chi connectivity index (χ1n) is 8.93. The molecule has 1 aliphatic rings. The normalized spacial score (nSPS) is 16.4. The van der Waals surface area contributed by atoms with Crippen molar-refractivity contribution in [1.29, 1.82) is 0 Å². The Morgan fingerprint density at radius 1 is 1.21 bits per heavy atom. The van der Waals surface area contributed by atoms with E-state index in [1.54, 1.807) is 17.0 Å².